The summed E-state index contributed by atoms with van der Waals surface area (Å²) in [5.74, 6) is 0. The lowest BCUT2D eigenvalue weighted by Gasteiger charge is -2.08. The van der Waals surface area contributed by atoms with Gasteiger partial charge in [-0.05, 0) is 36.8 Å². The molecule has 0 radical (unpaired) electrons. The van der Waals surface area contributed by atoms with Gasteiger partial charge in [0.15, 0.2) is 0 Å². The lowest BCUT2D eigenvalue weighted by Crippen LogP contribution is -2.11. The van der Waals surface area contributed by atoms with Crippen LogP contribution in [0.25, 0.3) is 11.3 Å². The largest absolute Gasteiger partial charge is 0.277 e. The van der Waals surface area contributed by atoms with Crippen molar-refractivity contribution in [1.82, 2.24) is 10.2 Å². The fourth-order valence-corrected chi connectivity index (χ4v) is 4.59. The van der Waals surface area contributed by atoms with Gasteiger partial charge in [0, 0.05) is 17.0 Å². The molecule has 2 heterocycles. The van der Waals surface area contributed by atoms with Crippen LogP contribution in [0.3, 0.4) is 0 Å². The Morgan fingerprint density at radius 3 is 2.67 bits per heavy atom. The molecule has 1 aromatic carbocycles. The van der Waals surface area contributed by atoms with Crippen LogP contribution in [0.2, 0.25) is 5.02 Å². The van der Waals surface area contributed by atoms with Crippen molar-refractivity contribution < 1.29 is 8.42 Å². The smallest absolute Gasteiger partial charge is 0.271 e. The maximum absolute atomic E-state index is 12.5. The molecule has 2 aromatic heterocycles. The first-order valence-electron chi connectivity index (χ1n) is 6.79. The fraction of sp³-hybridized carbons (Fsp3) is 0.0667. The normalized spacial score (nSPS) is 11.4. The number of sulfonamides is 1. The summed E-state index contributed by atoms with van der Waals surface area (Å²) in [6, 6.07) is 9.43. The Morgan fingerprint density at radius 1 is 1.21 bits per heavy atom. The van der Waals surface area contributed by atoms with Crippen LogP contribution in [-0.2, 0) is 10.0 Å². The van der Waals surface area contributed by atoms with E-state index in [9.17, 15) is 13.2 Å². The van der Waals surface area contributed by atoms with Crippen LogP contribution < -0.4 is 10.3 Å². The number of hydrogen-bond donors (Lipinski definition) is 2. The molecule has 0 amide bonds. The van der Waals surface area contributed by atoms with E-state index >= 15 is 0 Å². The van der Waals surface area contributed by atoms with Crippen molar-refractivity contribution in [2.24, 2.45) is 0 Å². The monoisotopic (exact) mass is 381 g/mol. The molecule has 0 aliphatic rings. The van der Waals surface area contributed by atoms with E-state index in [2.05, 4.69) is 14.9 Å². The second-order valence-electron chi connectivity index (χ2n) is 5.05. The number of aromatic nitrogens is 2. The second kappa shape index (κ2) is 6.39. The van der Waals surface area contributed by atoms with Crippen LogP contribution in [-0.4, -0.2) is 18.6 Å². The Bertz CT molecular complexity index is 1040. The molecule has 0 atom stereocenters. The fourth-order valence-electron chi connectivity index (χ4n) is 2.00. The average molecular weight is 382 g/mol. The standard InChI is InChI=1S/C15H12ClN3O3S2/c1-9-2-3-13(11(16)6-9)19-24(21,22)15-7-10(8-23-15)12-4-5-14(20)18-17-12/h2-8,19H,1H3,(H,18,20). The van der Waals surface area contributed by atoms with E-state index in [1.54, 1.807) is 23.6 Å². The van der Waals surface area contributed by atoms with Gasteiger partial charge in [-0.15, -0.1) is 11.3 Å². The third kappa shape index (κ3) is 3.50. The number of aromatic amines is 1. The number of nitrogens with zero attached hydrogens (tertiary/aromatic N) is 1. The quantitative estimate of drug-likeness (QED) is 0.725. The molecule has 0 aliphatic carbocycles. The lowest BCUT2D eigenvalue weighted by molar-refractivity contribution is 0.603. The molecule has 2 N–H and O–H groups in total. The minimum atomic E-state index is -3.76. The van der Waals surface area contributed by atoms with Gasteiger partial charge >= 0.3 is 0 Å². The summed E-state index contributed by atoms with van der Waals surface area (Å²) in [4.78, 5) is 11.0. The molecule has 0 bridgehead atoms. The molecule has 0 saturated carbocycles. The highest BCUT2D eigenvalue weighted by Gasteiger charge is 2.19. The zero-order chi connectivity index (χ0) is 17.3. The molecule has 0 unspecified atom stereocenters. The maximum Gasteiger partial charge on any atom is 0.271 e. The molecule has 124 valence electrons. The third-order valence-electron chi connectivity index (χ3n) is 3.18. The number of aryl methyl sites for hydroxylation is 1. The van der Waals surface area contributed by atoms with E-state index < -0.39 is 10.0 Å². The summed E-state index contributed by atoms with van der Waals surface area (Å²) < 4.78 is 27.6. The third-order valence-corrected chi connectivity index (χ3v) is 6.30. The Hall–Kier alpha value is -2.16. The second-order valence-corrected chi connectivity index (χ2v) is 8.28. The molecular formula is C15H12ClN3O3S2. The van der Waals surface area contributed by atoms with Crippen molar-refractivity contribution in [3.63, 3.8) is 0 Å². The summed E-state index contributed by atoms with van der Waals surface area (Å²) in [6.45, 7) is 1.87. The summed E-state index contributed by atoms with van der Waals surface area (Å²) in [5, 5.41) is 8.19. The van der Waals surface area contributed by atoms with Gasteiger partial charge in [0.1, 0.15) is 4.21 Å². The van der Waals surface area contributed by atoms with E-state index in [0.717, 1.165) is 16.9 Å². The van der Waals surface area contributed by atoms with Crippen LogP contribution in [0, 0.1) is 6.92 Å². The molecule has 3 aromatic rings. The SMILES string of the molecule is Cc1ccc(NS(=O)(=O)c2cc(-c3ccc(=O)[nH]n3)cs2)c(Cl)c1. The van der Waals surface area contributed by atoms with Gasteiger partial charge in [0.2, 0.25) is 0 Å². The number of hydrogen-bond acceptors (Lipinski definition) is 5. The van der Waals surface area contributed by atoms with Crippen molar-refractivity contribution in [2.45, 2.75) is 11.1 Å². The number of H-pyrrole nitrogens is 1. The van der Waals surface area contributed by atoms with Crippen LogP contribution in [0.5, 0.6) is 0 Å². The topological polar surface area (TPSA) is 91.9 Å². The maximum atomic E-state index is 12.5. The van der Waals surface area contributed by atoms with Crippen molar-refractivity contribution in [3.05, 3.63) is 62.7 Å². The first-order chi connectivity index (χ1) is 11.3. The van der Waals surface area contributed by atoms with Gasteiger partial charge < -0.3 is 0 Å². The Labute approximate surface area is 147 Å². The average Bonchev–Trinajstić information content (AvgIpc) is 3.02. The predicted molar refractivity (Wildman–Crippen MR) is 95.2 cm³/mol. The van der Waals surface area contributed by atoms with Gasteiger partial charge in [-0.3, -0.25) is 9.52 Å². The number of nitrogens with one attached hydrogen (secondary N) is 2. The van der Waals surface area contributed by atoms with E-state index in [1.165, 1.54) is 18.2 Å². The highest BCUT2D eigenvalue weighted by Crippen LogP contribution is 2.30. The zero-order valence-electron chi connectivity index (χ0n) is 12.4. The van der Waals surface area contributed by atoms with E-state index in [0.29, 0.717) is 22.0 Å². The molecule has 0 saturated heterocycles. The number of halogens is 1. The van der Waals surface area contributed by atoms with Crippen LogP contribution >= 0.6 is 22.9 Å². The van der Waals surface area contributed by atoms with Crippen molar-refractivity contribution in [2.75, 3.05) is 4.72 Å². The summed E-state index contributed by atoms with van der Waals surface area (Å²) in [5.41, 5.74) is 2.02. The molecule has 6 nitrogen and oxygen atoms in total. The summed E-state index contributed by atoms with van der Waals surface area (Å²) >= 11 is 7.13. The molecule has 24 heavy (non-hydrogen) atoms. The van der Waals surface area contributed by atoms with Crippen molar-refractivity contribution in [1.29, 1.82) is 0 Å². The van der Waals surface area contributed by atoms with Gasteiger partial charge in [0.25, 0.3) is 15.6 Å². The minimum Gasteiger partial charge on any atom is -0.277 e. The zero-order valence-corrected chi connectivity index (χ0v) is 14.8. The van der Waals surface area contributed by atoms with Crippen LogP contribution in [0.1, 0.15) is 5.56 Å². The Kier molecular flexibility index (Phi) is 4.44. The van der Waals surface area contributed by atoms with E-state index in [-0.39, 0.29) is 9.77 Å². The summed E-state index contributed by atoms with van der Waals surface area (Å²) in [6.07, 6.45) is 0. The molecule has 0 spiro atoms. The van der Waals surface area contributed by atoms with E-state index in [4.69, 9.17) is 11.6 Å². The van der Waals surface area contributed by atoms with Gasteiger partial charge in [-0.25, -0.2) is 13.5 Å². The number of anilines is 1. The van der Waals surface area contributed by atoms with Gasteiger partial charge in [0.05, 0.1) is 16.4 Å². The molecule has 3 rings (SSSR count). The van der Waals surface area contributed by atoms with Gasteiger partial charge in [-0.1, -0.05) is 17.7 Å². The first kappa shape index (κ1) is 16.7. The molecule has 0 fully saturated rings. The summed E-state index contributed by atoms with van der Waals surface area (Å²) in [7, 11) is -3.76. The Balaban J connectivity index is 1.90. The highest BCUT2D eigenvalue weighted by molar-refractivity contribution is 7.94. The van der Waals surface area contributed by atoms with Crippen LogP contribution in [0.4, 0.5) is 5.69 Å². The highest BCUT2D eigenvalue weighted by atomic mass is 35.5. The molecule has 0 aliphatic heterocycles. The van der Waals surface area contributed by atoms with E-state index in [1.807, 2.05) is 6.92 Å². The lowest BCUT2D eigenvalue weighted by atomic mass is 10.2. The first-order valence-corrected chi connectivity index (χ1v) is 9.53. The number of thiophene rings is 1. The molecule has 9 heteroatoms. The molecular weight excluding hydrogens is 370 g/mol. The van der Waals surface area contributed by atoms with Crippen molar-refractivity contribution >= 4 is 38.6 Å². The van der Waals surface area contributed by atoms with Crippen LogP contribution in [0.15, 0.2) is 50.8 Å². The van der Waals surface area contributed by atoms with Gasteiger partial charge in [-0.2, -0.15) is 5.10 Å². The number of rotatable bonds is 4. The number of benzene rings is 1. The predicted octanol–water partition coefficient (Wildman–Crippen LogP) is 3.26. The Morgan fingerprint density at radius 2 is 2.00 bits per heavy atom. The minimum absolute atomic E-state index is 0.127. The van der Waals surface area contributed by atoms with Crippen molar-refractivity contribution in [3.8, 4) is 11.3 Å².